The minimum atomic E-state index is 0.00465. The fourth-order valence-corrected chi connectivity index (χ4v) is 3.65. The third-order valence-electron chi connectivity index (χ3n) is 4.71. The summed E-state index contributed by atoms with van der Waals surface area (Å²) in [6.07, 6.45) is 16.2. The van der Waals surface area contributed by atoms with E-state index in [1.165, 1.54) is 64.2 Å². The molecule has 0 aromatic heterocycles. The minimum absolute atomic E-state index is 0.00465. The van der Waals surface area contributed by atoms with E-state index in [1.807, 2.05) is 0 Å². The van der Waals surface area contributed by atoms with E-state index in [1.54, 1.807) is 0 Å². The number of hydrogen-bond donors (Lipinski definition) is 1. The Hall–Kier alpha value is -0.0400. The largest absolute Gasteiger partial charge is 0.393 e. The van der Waals surface area contributed by atoms with Gasteiger partial charge in [0.05, 0.1) is 6.10 Å². The lowest BCUT2D eigenvalue weighted by Crippen LogP contribution is -2.15. The molecule has 2 aliphatic rings. The molecule has 0 bridgehead atoms. The van der Waals surface area contributed by atoms with Crippen LogP contribution in [0.25, 0.3) is 0 Å². The van der Waals surface area contributed by atoms with Crippen LogP contribution in [0.3, 0.4) is 0 Å². The molecule has 1 unspecified atom stereocenters. The lowest BCUT2D eigenvalue weighted by atomic mass is 9.84. The van der Waals surface area contributed by atoms with Crippen molar-refractivity contribution in [1.29, 1.82) is 0 Å². The number of rotatable bonds is 5. The second-order valence-corrected chi connectivity index (χ2v) is 6.12. The van der Waals surface area contributed by atoms with Crippen LogP contribution in [-0.2, 0) is 0 Å². The smallest absolute Gasteiger partial charge is 0.0543 e. The van der Waals surface area contributed by atoms with Gasteiger partial charge in [0, 0.05) is 0 Å². The van der Waals surface area contributed by atoms with Gasteiger partial charge >= 0.3 is 0 Å². The van der Waals surface area contributed by atoms with Crippen molar-refractivity contribution in [2.24, 2.45) is 11.8 Å². The molecule has 0 spiro atoms. The van der Waals surface area contributed by atoms with Gasteiger partial charge in [-0.2, -0.15) is 0 Å². The predicted octanol–water partition coefficient (Wildman–Crippen LogP) is 4.29. The Bertz CT molecular complexity index is 178. The molecule has 0 radical (unpaired) electrons. The van der Waals surface area contributed by atoms with Crippen LogP contribution in [-0.4, -0.2) is 11.2 Å². The Morgan fingerprint density at radius 3 is 2.06 bits per heavy atom. The summed E-state index contributed by atoms with van der Waals surface area (Å²) in [5.74, 6) is 1.79. The maximum Gasteiger partial charge on any atom is 0.0543 e. The van der Waals surface area contributed by atoms with Gasteiger partial charge in [-0.1, -0.05) is 57.8 Å². The van der Waals surface area contributed by atoms with Gasteiger partial charge in [0.1, 0.15) is 0 Å². The molecule has 1 N–H and O–H groups in total. The molecule has 2 rings (SSSR count). The second kappa shape index (κ2) is 6.64. The first-order chi connectivity index (χ1) is 7.84. The predicted molar refractivity (Wildman–Crippen MR) is 68.4 cm³/mol. The van der Waals surface area contributed by atoms with E-state index in [4.69, 9.17) is 0 Å². The Morgan fingerprint density at radius 2 is 1.38 bits per heavy atom. The Balaban J connectivity index is 1.57. The number of aliphatic hydroxyl groups is 1. The first kappa shape index (κ1) is 12.4. The highest BCUT2D eigenvalue weighted by Crippen LogP contribution is 2.31. The van der Waals surface area contributed by atoms with Gasteiger partial charge in [0.25, 0.3) is 0 Å². The van der Waals surface area contributed by atoms with Crippen LogP contribution in [0.1, 0.15) is 77.0 Å². The topological polar surface area (TPSA) is 20.2 Å². The third kappa shape index (κ3) is 4.08. The summed E-state index contributed by atoms with van der Waals surface area (Å²) in [6.45, 7) is 0. The van der Waals surface area contributed by atoms with E-state index in [0.29, 0.717) is 0 Å². The van der Waals surface area contributed by atoms with Gasteiger partial charge < -0.3 is 5.11 Å². The van der Waals surface area contributed by atoms with Gasteiger partial charge in [-0.05, 0) is 31.1 Å². The second-order valence-electron chi connectivity index (χ2n) is 6.12. The van der Waals surface area contributed by atoms with Crippen molar-refractivity contribution in [3.05, 3.63) is 0 Å². The van der Waals surface area contributed by atoms with E-state index < -0.39 is 0 Å². The lowest BCUT2D eigenvalue weighted by molar-refractivity contribution is 0.122. The molecule has 1 nitrogen and oxygen atoms in total. The molecule has 0 aromatic carbocycles. The molecule has 0 amide bonds. The zero-order valence-electron chi connectivity index (χ0n) is 10.7. The summed E-state index contributed by atoms with van der Waals surface area (Å²) >= 11 is 0. The van der Waals surface area contributed by atoms with E-state index >= 15 is 0 Å². The molecule has 2 saturated carbocycles. The maximum absolute atomic E-state index is 10.0. The molecule has 0 aliphatic heterocycles. The molecule has 2 fully saturated rings. The Labute approximate surface area is 101 Å². The molecule has 1 atom stereocenters. The molecule has 0 saturated heterocycles. The van der Waals surface area contributed by atoms with Crippen molar-refractivity contribution in [2.75, 3.05) is 0 Å². The van der Waals surface area contributed by atoms with Crippen molar-refractivity contribution in [3.8, 4) is 0 Å². The normalized spacial score (nSPS) is 26.1. The summed E-state index contributed by atoms with van der Waals surface area (Å²) in [6, 6.07) is 0. The highest BCUT2D eigenvalue weighted by molar-refractivity contribution is 4.73. The quantitative estimate of drug-likeness (QED) is 0.738. The molecule has 0 heterocycles. The Kier molecular flexibility index (Phi) is 5.15. The molecule has 2 aliphatic carbocycles. The first-order valence-electron chi connectivity index (χ1n) is 7.52. The summed E-state index contributed by atoms with van der Waals surface area (Å²) in [4.78, 5) is 0. The van der Waals surface area contributed by atoms with Crippen LogP contribution >= 0.6 is 0 Å². The fraction of sp³-hybridized carbons (Fsp3) is 1.00. The molecule has 1 heteroatoms. The van der Waals surface area contributed by atoms with Crippen molar-refractivity contribution >= 4 is 0 Å². The average Bonchev–Trinajstić information content (AvgIpc) is 2.81. The fourth-order valence-electron chi connectivity index (χ4n) is 3.65. The molecule has 94 valence electrons. The van der Waals surface area contributed by atoms with E-state index in [-0.39, 0.29) is 6.10 Å². The summed E-state index contributed by atoms with van der Waals surface area (Å²) < 4.78 is 0. The van der Waals surface area contributed by atoms with Crippen molar-refractivity contribution in [2.45, 2.75) is 83.2 Å². The van der Waals surface area contributed by atoms with Crippen LogP contribution in [0.15, 0.2) is 0 Å². The van der Waals surface area contributed by atoms with Crippen molar-refractivity contribution in [1.82, 2.24) is 0 Å². The highest BCUT2D eigenvalue weighted by Gasteiger charge is 2.20. The lowest BCUT2D eigenvalue weighted by Gasteiger charge is -2.23. The molecular weight excluding hydrogens is 196 g/mol. The maximum atomic E-state index is 10.0. The standard InChI is InChI=1S/C15H28O/c16-15(12-14-8-4-5-9-14)11-10-13-6-2-1-3-7-13/h13-16H,1-12H2. The van der Waals surface area contributed by atoms with E-state index in [0.717, 1.165) is 24.7 Å². The van der Waals surface area contributed by atoms with E-state index in [9.17, 15) is 5.11 Å². The number of aliphatic hydroxyl groups excluding tert-OH is 1. The molecular formula is C15H28O. The monoisotopic (exact) mass is 224 g/mol. The van der Waals surface area contributed by atoms with Gasteiger partial charge in [-0.25, -0.2) is 0 Å². The van der Waals surface area contributed by atoms with Crippen LogP contribution in [0.2, 0.25) is 0 Å². The van der Waals surface area contributed by atoms with Crippen LogP contribution in [0, 0.1) is 11.8 Å². The number of hydrogen-bond acceptors (Lipinski definition) is 1. The van der Waals surface area contributed by atoms with Crippen LogP contribution in [0.5, 0.6) is 0 Å². The third-order valence-corrected chi connectivity index (χ3v) is 4.71. The molecule has 0 aromatic rings. The van der Waals surface area contributed by atoms with Crippen LogP contribution in [0.4, 0.5) is 0 Å². The van der Waals surface area contributed by atoms with Crippen molar-refractivity contribution in [3.63, 3.8) is 0 Å². The van der Waals surface area contributed by atoms with Crippen molar-refractivity contribution < 1.29 is 5.11 Å². The SMILES string of the molecule is OC(CCC1CCCCC1)CC1CCCC1. The van der Waals surface area contributed by atoms with Gasteiger partial charge in [-0.3, -0.25) is 0 Å². The van der Waals surface area contributed by atoms with Gasteiger partial charge in [-0.15, -0.1) is 0 Å². The van der Waals surface area contributed by atoms with Crippen LogP contribution < -0.4 is 0 Å². The van der Waals surface area contributed by atoms with Gasteiger partial charge in [0.2, 0.25) is 0 Å². The highest BCUT2D eigenvalue weighted by atomic mass is 16.3. The summed E-state index contributed by atoms with van der Waals surface area (Å²) in [5, 5.41) is 10.0. The molecule has 16 heavy (non-hydrogen) atoms. The summed E-state index contributed by atoms with van der Waals surface area (Å²) in [7, 11) is 0. The minimum Gasteiger partial charge on any atom is -0.393 e. The van der Waals surface area contributed by atoms with Gasteiger partial charge in [0.15, 0.2) is 0 Å². The van der Waals surface area contributed by atoms with E-state index in [2.05, 4.69) is 0 Å². The summed E-state index contributed by atoms with van der Waals surface area (Å²) in [5.41, 5.74) is 0. The zero-order chi connectivity index (χ0) is 11.2. The first-order valence-corrected chi connectivity index (χ1v) is 7.52. The zero-order valence-corrected chi connectivity index (χ0v) is 10.7. The average molecular weight is 224 g/mol. The Morgan fingerprint density at radius 1 is 0.812 bits per heavy atom.